The number of carbonyl (C=O) groups excluding carboxylic acids is 1. The van der Waals surface area contributed by atoms with E-state index in [4.69, 9.17) is 14.2 Å². The van der Waals surface area contributed by atoms with Gasteiger partial charge in [-0.2, -0.15) is 4.31 Å². The van der Waals surface area contributed by atoms with Gasteiger partial charge in [-0.05, 0) is 49.2 Å². The predicted octanol–water partition coefficient (Wildman–Crippen LogP) is 3.00. The maximum absolute atomic E-state index is 13.2. The van der Waals surface area contributed by atoms with Crippen molar-refractivity contribution >= 4 is 21.6 Å². The van der Waals surface area contributed by atoms with Gasteiger partial charge in [0.05, 0.1) is 12.0 Å². The average molecular weight is 432 g/mol. The minimum atomic E-state index is -3.70. The Hall–Kier alpha value is -2.78. The molecule has 0 aliphatic carbocycles. The first kappa shape index (κ1) is 20.5. The Balaban J connectivity index is 1.47. The van der Waals surface area contributed by atoms with Crippen LogP contribution < -0.4 is 19.5 Å². The second kappa shape index (κ2) is 8.53. The predicted molar refractivity (Wildman–Crippen MR) is 110 cm³/mol. The summed E-state index contributed by atoms with van der Waals surface area (Å²) in [7, 11) is -2.17. The topological polar surface area (TPSA) is 94.2 Å². The van der Waals surface area contributed by atoms with E-state index in [0.717, 1.165) is 12.8 Å². The minimum absolute atomic E-state index is 0.0871. The molecule has 1 N–H and O–H groups in total. The summed E-state index contributed by atoms with van der Waals surface area (Å²) in [5.74, 6) is 1.56. The Kier molecular flexibility index (Phi) is 5.83. The lowest BCUT2D eigenvalue weighted by molar-refractivity contribution is -0.117. The van der Waals surface area contributed by atoms with Gasteiger partial charge in [-0.1, -0.05) is 6.42 Å². The van der Waals surface area contributed by atoms with Crippen LogP contribution in [0, 0.1) is 0 Å². The molecule has 1 amide bonds. The molecule has 1 unspecified atom stereocenters. The SMILES string of the molecule is COc1ccc(S(=O)(=O)N2CCCCC2CC(=O)Nc2ccc3c(c2)OCO3)cc1. The van der Waals surface area contributed by atoms with Crippen molar-refractivity contribution in [1.82, 2.24) is 4.31 Å². The summed E-state index contributed by atoms with van der Waals surface area (Å²) in [6.07, 6.45) is 2.39. The zero-order chi connectivity index (χ0) is 21.1. The summed E-state index contributed by atoms with van der Waals surface area (Å²) in [4.78, 5) is 12.9. The lowest BCUT2D eigenvalue weighted by Gasteiger charge is -2.34. The Morgan fingerprint density at radius 1 is 1.13 bits per heavy atom. The molecule has 2 aliphatic rings. The molecule has 1 saturated heterocycles. The fraction of sp³-hybridized carbons (Fsp3) is 0.381. The number of piperidine rings is 1. The molecule has 0 bridgehead atoms. The number of anilines is 1. The molecule has 8 nitrogen and oxygen atoms in total. The molecule has 1 fully saturated rings. The Morgan fingerprint density at radius 2 is 1.90 bits per heavy atom. The summed E-state index contributed by atoms with van der Waals surface area (Å²) in [6, 6.07) is 11.1. The number of hydrogen-bond acceptors (Lipinski definition) is 6. The van der Waals surface area contributed by atoms with E-state index in [-0.39, 0.29) is 30.1 Å². The largest absolute Gasteiger partial charge is 0.497 e. The highest BCUT2D eigenvalue weighted by Crippen LogP contribution is 2.34. The van der Waals surface area contributed by atoms with Gasteiger partial charge in [0, 0.05) is 30.8 Å². The minimum Gasteiger partial charge on any atom is -0.497 e. The molecule has 0 aromatic heterocycles. The Labute approximate surface area is 175 Å². The van der Waals surface area contributed by atoms with E-state index >= 15 is 0 Å². The van der Waals surface area contributed by atoms with Gasteiger partial charge in [0.25, 0.3) is 0 Å². The second-order valence-corrected chi connectivity index (χ2v) is 9.15. The van der Waals surface area contributed by atoms with Crippen molar-refractivity contribution in [2.24, 2.45) is 0 Å². The van der Waals surface area contributed by atoms with Gasteiger partial charge in [-0.15, -0.1) is 0 Å². The maximum atomic E-state index is 13.2. The summed E-state index contributed by atoms with van der Waals surface area (Å²) in [6.45, 7) is 0.559. The smallest absolute Gasteiger partial charge is 0.243 e. The van der Waals surface area contributed by atoms with Crippen LogP contribution in [0.1, 0.15) is 25.7 Å². The van der Waals surface area contributed by atoms with Crippen molar-refractivity contribution in [2.75, 3.05) is 25.8 Å². The van der Waals surface area contributed by atoms with E-state index in [9.17, 15) is 13.2 Å². The third kappa shape index (κ3) is 4.22. The average Bonchev–Trinajstić information content (AvgIpc) is 3.22. The number of nitrogens with one attached hydrogen (secondary N) is 1. The molecular formula is C21H24N2O6S. The highest BCUT2D eigenvalue weighted by atomic mass is 32.2. The van der Waals surface area contributed by atoms with Crippen molar-refractivity contribution in [2.45, 2.75) is 36.6 Å². The van der Waals surface area contributed by atoms with E-state index < -0.39 is 10.0 Å². The van der Waals surface area contributed by atoms with Crippen LogP contribution in [0.4, 0.5) is 5.69 Å². The van der Waals surface area contributed by atoms with Crippen LogP contribution in [0.3, 0.4) is 0 Å². The van der Waals surface area contributed by atoms with Crippen molar-refractivity contribution in [1.29, 1.82) is 0 Å². The highest BCUT2D eigenvalue weighted by molar-refractivity contribution is 7.89. The van der Waals surface area contributed by atoms with E-state index in [0.29, 0.717) is 35.9 Å². The summed E-state index contributed by atoms with van der Waals surface area (Å²) >= 11 is 0. The van der Waals surface area contributed by atoms with E-state index in [1.54, 1.807) is 30.3 Å². The van der Waals surface area contributed by atoms with Crippen molar-refractivity contribution < 1.29 is 27.4 Å². The molecule has 0 spiro atoms. The summed E-state index contributed by atoms with van der Waals surface area (Å²) < 4.78 is 43.5. The number of methoxy groups -OCH3 is 1. The third-order valence-corrected chi connectivity index (χ3v) is 7.28. The molecule has 0 saturated carbocycles. The van der Waals surface area contributed by atoms with Crippen LogP contribution in [0.25, 0.3) is 0 Å². The molecule has 160 valence electrons. The van der Waals surface area contributed by atoms with Crippen LogP contribution in [0.5, 0.6) is 17.2 Å². The fourth-order valence-electron chi connectivity index (χ4n) is 3.78. The van der Waals surface area contributed by atoms with Gasteiger partial charge in [-0.25, -0.2) is 8.42 Å². The molecule has 2 aromatic rings. The molecular weight excluding hydrogens is 408 g/mol. The lowest BCUT2D eigenvalue weighted by atomic mass is 10.0. The molecule has 0 radical (unpaired) electrons. The Morgan fingerprint density at radius 3 is 2.67 bits per heavy atom. The van der Waals surface area contributed by atoms with E-state index in [1.165, 1.54) is 23.5 Å². The monoisotopic (exact) mass is 432 g/mol. The van der Waals surface area contributed by atoms with Crippen LogP contribution in [-0.4, -0.2) is 45.1 Å². The number of sulfonamides is 1. The quantitative estimate of drug-likeness (QED) is 0.754. The fourth-order valence-corrected chi connectivity index (χ4v) is 5.47. The Bertz CT molecular complexity index is 1020. The van der Waals surface area contributed by atoms with Crippen molar-refractivity contribution in [3.05, 3.63) is 42.5 Å². The van der Waals surface area contributed by atoms with Crippen LogP contribution in [0.2, 0.25) is 0 Å². The number of fused-ring (bicyclic) bond motifs is 1. The van der Waals surface area contributed by atoms with E-state index in [1.807, 2.05) is 0 Å². The molecule has 30 heavy (non-hydrogen) atoms. The number of amides is 1. The second-order valence-electron chi connectivity index (χ2n) is 7.26. The molecule has 2 heterocycles. The number of benzene rings is 2. The van der Waals surface area contributed by atoms with E-state index in [2.05, 4.69) is 5.32 Å². The van der Waals surface area contributed by atoms with Gasteiger partial charge in [0.15, 0.2) is 11.5 Å². The summed E-state index contributed by atoms with van der Waals surface area (Å²) in [5, 5.41) is 2.83. The van der Waals surface area contributed by atoms with Gasteiger partial charge < -0.3 is 19.5 Å². The number of nitrogens with zero attached hydrogens (tertiary/aromatic N) is 1. The van der Waals surface area contributed by atoms with Crippen LogP contribution in [-0.2, 0) is 14.8 Å². The van der Waals surface area contributed by atoms with Crippen LogP contribution >= 0.6 is 0 Å². The zero-order valence-electron chi connectivity index (χ0n) is 16.7. The van der Waals surface area contributed by atoms with Gasteiger partial charge in [-0.3, -0.25) is 4.79 Å². The third-order valence-electron chi connectivity index (χ3n) is 5.32. The maximum Gasteiger partial charge on any atom is 0.243 e. The molecule has 4 rings (SSSR count). The number of ether oxygens (including phenoxy) is 3. The molecule has 2 aromatic carbocycles. The lowest BCUT2D eigenvalue weighted by Crippen LogP contribution is -2.45. The molecule has 9 heteroatoms. The van der Waals surface area contributed by atoms with Gasteiger partial charge >= 0.3 is 0 Å². The highest BCUT2D eigenvalue weighted by Gasteiger charge is 2.34. The first-order chi connectivity index (χ1) is 14.5. The molecule has 1 atom stereocenters. The zero-order valence-corrected chi connectivity index (χ0v) is 17.5. The molecule has 2 aliphatic heterocycles. The number of hydrogen-bond donors (Lipinski definition) is 1. The normalized spacial score (nSPS) is 18.8. The summed E-state index contributed by atoms with van der Waals surface area (Å²) in [5.41, 5.74) is 0.588. The van der Waals surface area contributed by atoms with Crippen molar-refractivity contribution in [3.8, 4) is 17.2 Å². The first-order valence-corrected chi connectivity index (χ1v) is 11.3. The van der Waals surface area contributed by atoms with Gasteiger partial charge in [0.1, 0.15) is 5.75 Å². The van der Waals surface area contributed by atoms with Crippen LogP contribution in [0.15, 0.2) is 47.4 Å². The van der Waals surface area contributed by atoms with Gasteiger partial charge in [0.2, 0.25) is 22.7 Å². The number of carbonyl (C=O) groups is 1. The number of rotatable bonds is 6. The first-order valence-electron chi connectivity index (χ1n) is 9.83. The standard InChI is InChI=1S/C21H24N2O6S/c1-27-17-6-8-18(9-7-17)30(25,26)23-11-3-2-4-16(23)13-21(24)22-15-5-10-19-20(12-15)29-14-28-19/h5-10,12,16H,2-4,11,13-14H2,1H3,(H,22,24). The van der Waals surface area contributed by atoms with Crippen molar-refractivity contribution in [3.63, 3.8) is 0 Å².